The van der Waals surface area contributed by atoms with E-state index in [1.165, 1.54) is 12.3 Å². The lowest BCUT2D eigenvalue weighted by Gasteiger charge is -2.16. The second-order valence-corrected chi connectivity index (χ2v) is 6.54. The number of hydrogen-bond acceptors (Lipinski definition) is 4. The predicted molar refractivity (Wildman–Crippen MR) is 88.4 cm³/mol. The fourth-order valence-corrected chi connectivity index (χ4v) is 3.58. The van der Waals surface area contributed by atoms with Gasteiger partial charge in [-0.25, -0.2) is 9.37 Å². The molecule has 130 valence electrons. The van der Waals surface area contributed by atoms with Gasteiger partial charge in [-0.15, -0.1) is 0 Å². The van der Waals surface area contributed by atoms with E-state index in [0.29, 0.717) is 23.8 Å². The van der Waals surface area contributed by atoms with Crippen molar-refractivity contribution in [3.63, 3.8) is 0 Å². The highest BCUT2D eigenvalue weighted by Gasteiger charge is 2.34. The van der Waals surface area contributed by atoms with Crippen molar-refractivity contribution in [2.75, 3.05) is 0 Å². The number of imidazole rings is 1. The molecule has 0 bridgehead atoms. The maximum atomic E-state index is 13.7. The van der Waals surface area contributed by atoms with Crippen LogP contribution in [0, 0.1) is 11.7 Å². The lowest BCUT2D eigenvalue weighted by molar-refractivity contribution is 0.0873. The van der Waals surface area contributed by atoms with Crippen LogP contribution in [-0.4, -0.2) is 32.7 Å². The average Bonchev–Trinajstić information content (AvgIpc) is 3.29. The van der Waals surface area contributed by atoms with Crippen molar-refractivity contribution in [2.24, 2.45) is 5.92 Å². The van der Waals surface area contributed by atoms with Crippen LogP contribution in [0.2, 0.25) is 0 Å². The van der Waals surface area contributed by atoms with Crippen molar-refractivity contribution in [3.8, 4) is 0 Å². The highest BCUT2D eigenvalue weighted by molar-refractivity contribution is 6.05. The predicted octanol–water partition coefficient (Wildman–Crippen LogP) is 2.34. The molecule has 0 spiro atoms. The molecule has 2 heterocycles. The number of rotatable bonds is 4. The first-order chi connectivity index (χ1) is 12.1. The van der Waals surface area contributed by atoms with Gasteiger partial charge in [0.05, 0.1) is 30.3 Å². The summed E-state index contributed by atoms with van der Waals surface area (Å²) in [5.74, 6) is -0.693. The van der Waals surface area contributed by atoms with E-state index in [2.05, 4.69) is 10.3 Å². The Bertz CT molecular complexity index is 890. The Morgan fingerprint density at radius 2 is 2.32 bits per heavy atom. The van der Waals surface area contributed by atoms with E-state index < -0.39 is 17.8 Å². The minimum Gasteiger partial charge on any atom is -0.464 e. The van der Waals surface area contributed by atoms with Crippen LogP contribution < -0.4 is 5.32 Å². The van der Waals surface area contributed by atoms with E-state index in [0.717, 1.165) is 12.6 Å². The molecule has 1 unspecified atom stereocenters. The summed E-state index contributed by atoms with van der Waals surface area (Å²) in [6, 6.07) is 3.72. The van der Waals surface area contributed by atoms with Crippen LogP contribution in [0.5, 0.6) is 0 Å². The van der Waals surface area contributed by atoms with Gasteiger partial charge in [0.2, 0.25) is 0 Å². The maximum absolute atomic E-state index is 13.7. The fraction of sp³-hybridized carbons (Fsp3) is 0.333. The lowest BCUT2D eigenvalue weighted by atomic mass is 10.1. The molecule has 3 aromatic rings. The molecule has 0 saturated heterocycles. The van der Waals surface area contributed by atoms with Crippen molar-refractivity contribution in [3.05, 3.63) is 54.6 Å². The van der Waals surface area contributed by atoms with Crippen LogP contribution in [0.1, 0.15) is 23.2 Å². The van der Waals surface area contributed by atoms with E-state index in [1.54, 1.807) is 18.6 Å². The second kappa shape index (κ2) is 6.33. The molecule has 1 fully saturated rings. The second-order valence-electron chi connectivity index (χ2n) is 6.54. The number of furan rings is 1. The van der Waals surface area contributed by atoms with Gasteiger partial charge in [0.25, 0.3) is 5.91 Å². The number of benzene rings is 1. The summed E-state index contributed by atoms with van der Waals surface area (Å²) < 4.78 is 21.0. The first-order valence-electron chi connectivity index (χ1n) is 8.21. The van der Waals surface area contributed by atoms with Crippen LogP contribution in [0.25, 0.3) is 11.0 Å². The minimum atomic E-state index is -0.627. The van der Waals surface area contributed by atoms with Crippen molar-refractivity contribution in [1.82, 2.24) is 14.9 Å². The van der Waals surface area contributed by atoms with Gasteiger partial charge in [0.15, 0.2) is 0 Å². The molecule has 1 aromatic carbocycles. The van der Waals surface area contributed by atoms with E-state index in [1.807, 2.05) is 10.8 Å². The molecule has 0 aliphatic heterocycles. The molecule has 3 atom stereocenters. The number of amides is 1. The number of hydrogen-bond donors (Lipinski definition) is 2. The van der Waals surface area contributed by atoms with Crippen LogP contribution in [0.15, 0.2) is 47.6 Å². The molecule has 1 aliphatic carbocycles. The van der Waals surface area contributed by atoms with Gasteiger partial charge in [-0.1, -0.05) is 0 Å². The average molecular weight is 343 g/mol. The van der Waals surface area contributed by atoms with Gasteiger partial charge in [0, 0.05) is 24.3 Å². The van der Waals surface area contributed by atoms with Gasteiger partial charge in [0.1, 0.15) is 11.4 Å². The molecular formula is C18H18FN3O3. The normalized spacial score (nSPS) is 23.2. The molecule has 6 nitrogen and oxygen atoms in total. The molecule has 0 radical (unpaired) electrons. The van der Waals surface area contributed by atoms with Crippen LogP contribution in [0.4, 0.5) is 4.39 Å². The summed E-state index contributed by atoms with van der Waals surface area (Å²) in [7, 11) is 0. The number of aliphatic hydroxyl groups is 1. The first-order valence-corrected chi connectivity index (χ1v) is 8.21. The summed E-state index contributed by atoms with van der Waals surface area (Å²) in [5, 5.41) is 13.6. The van der Waals surface area contributed by atoms with Crippen molar-refractivity contribution >= 4 is 16.9 Å². The summed E-state index contributed by atoms with van der Waals surface area (Å²) in [5.41, 5.74) is 0.492. The lowest BCUT2D eigenvalue weighted by Crippen LogP contribution is -2.40. The van der Waals surface area contributed by atoms with E-state index in [9.17, 15) is 14.3 Å². The quantitative estimate of drug-likeness (QED) is 0.762. The summed E-state index contributed by atoms with van der Waals surface area (Å²) in [4.78, 5) is 16.6. The smallest absolute Gasteiger partial charge is 0.255 e. The summed E-state index contributed by atoms with van der Waals surface area (Å²) in [6.45, 7) is 0.742. The number of aliphatic hydroxyl groups excluding tert-OH is 1. The third-order valence-electron chi connectivity index (χ3n) is 4.73. The number of nitrogens with one attached hydrogen (secondary N) is 1. The zero-order chi connectivity index (χ0) is 17.4. The zero-order valence-corrected chi connectivity index (χ0v) is 13.4. The van der Waals surface area contributed by atoms with Crippen LogP contribution >= 0.6 is 0 Å². The van der Waals surface area contributed by atoms with Gasteiger partial charge in [-0.2, -0.15) is 0 Å². The molecule has 2 N–H and O–H groups in total. The topological polar surface area (TPSA) is 80.3 Å². The molecule has 2 aromatic heterocycles. The Hall–Kier alpha value is -2.67. The molecule has 1 saturated carbocycles. The van der Waals surface area contributed by atoms with Gasteiger partial charge < -0.3 is 19.4 Å². The third-order valence-corrected chi connectivity index (χ3v) is 4.73. The number of fused-ring (bicyclic) bond motifs is 1. The van der Waals surface area contributed by atoms with Crippen LogP contribution in [-0.2, 0) is 6.54 Å². The third kappa shape index (κ3) is 3.15. The van der Waals surface area contributed by atoms with Gasteiger partial charge in [-0.3, -0.25) is 4.79 Å². The Morgan fingerprint density at radius 3 is 3.12 bits per heavy atom. The highest BCUT2D eigenvalue weighted by atomic mass is 19.1. The number of carbonyl (C=O) groups excluding carboxylic acids is 1. The molecule has 7 heteroatoms. The Kier molecular flexibility index (Phi) is 4.01. The van der Waals surface area contributed by atoms with E-state index >= 15 is 0 Å². The molecule has 25 heavy (non-hydrogen) atoms. The number of nitrogens with zero attached hydrogens (tertiary/aromatic N) is 2. The summed E-state index contributed by atoms with van der Waals surface area (Å²) in [6.07, 6.45) is 7.37. The first kappa shape index (κ1) is 15.8. The number of carbonyl (C=O) groups is 1. The highest BCUT2D eigenvalue weighted by Crippen LogP contribution is 2.28. The standard InChI is InChI=1S/C18H18FN3O3/c19-13-7-12-1-4-25-17(12)14(8-13)18(24)21-15-5-11(6-16(15)23)9-22-3-2-20-10-22/h1-4,7-8,10-11,15-16,23H,5-6,9H2,(H,21,24)/t11?,15-,16-/m1/s1. The van der Waals surface area contributed by atoms with E-state index in [-0.39, 0.29) is 17.5 Å². The summed E-state index contributed by atoms with van der Waals surface area (Å²) >= 11 is 0. The van der Waals surface area contributed by atoms with Crippen molar-refractivity contribution in [1.29, 1.82) is 0 Å². The Labute approximate surface area is 143 Å². The molecular weight excluding hydrogens is 325 g/mol. The van der Waals surface area contributed by atoms with Gasteiger partial charge >= 0.3 is 0 Å². The molecule has 4 rings (SSSR count). The monoisotopic (exact) mass is 343 g/mol. The largest absolute Gasteiger partial charge is 0.464 e. The Balaban J connectivity index is 1.47. The number of halogens is 1. The fourth-order valence-electron chi connectivity index (χ4n) is 3.58. The van der Waals surface area contributed by atoms with Gasteiger partial charge in [-0.05, 0) is 37.0 Å². The SMILES string of the molecule is O=C(N[C@@H]1CC(Cn2ccnc2)C[C@H]1O)c1cc(F)cc2ccoc12. The maximum Gasteiger partial charge on any atom is 0.255 e. The number of aromatic nitrogens is 2. The van der Waals surface area contributed by atoms with Crippen molar-refractivity contribution < 1.29 is 18.7 Å². The molecule has 1 aliphatic rings. The minimum absolute atomic E-state index is 0.144. The van der Waals surface area contributed by atoms with E-state index in [4.69, 9.17) is 4.42 Å². The molecule has 1 amide bonds. The zero-order valence-electron chi connectivity index (χ0n) is 13.4. The van der Waals surface area contributed by atoms with Crippen molar-refractivity contribution in [2.45, 2.75) is 31.5 Å². The Morgan fingerprint density at radius 1 is 1.44 bits per heavy atom. The van der Waals surface area contributed by atoms with Crippen LogP contribution in [0.3, 0.4) is 0 Å².